The summed E-state index contributed by atoms with van der Waals surface area (Å²) in [7, 11) is 2.02. The molecule has 0 spiro atoms. The number of carbonyl (C=O) groups excluding carboxylic acids is 1. The van der Waals surface area contributed by atoms with Crippen LogP contribution in [0, 0.1) is 5.92 Å². The van der Waals surface area contributed by atoms with Gasteiger partial charge in [0.25, 0.3) is 0 Å². The Balaban J connectivity index is 1.94. The third kappa shape index (κ3) is 3.39. The fourth-order valence-electron chi connectivity index (χ4n) is 2.31. The number of fused-ring (bicyclic) bond motifs is 1. The Morgan fingerprint density at radius 1 is 1.40 bits per heavy atom. The minimum Gasteiger partial charge on any atom is -0.396 e. The number of hydrogen-bond acceptors (Lipinski definition) is 2. The lowest BCUT2D eigenvalue weighted by Crippen LogP contribution is -2.29. The van der Waals surface area contributed by atoms with Crippen molar-refractivity contribution in [1.82, 2.24) is 9.88 Å². The maximum absolute atomic E-state index is 11.8. The molecule has 1 unspecified atom stereocenters. The Morgan fingerprint density at radius 3 is 2.90 bits per heavy atom. The van der Waals surface area contributed by atoms with Crippen molar-refractivity contribution < 1.29 is 9.90 Å². The average Bonchev–Trinajstić information content (AvgIpc) is 2.79. The first kappa shape index (κ1) is 14.6. The maximum atomic E-state index is 11.8. The summed E-state index contributed by atoms with van der Waals surface area (Å²) in [6.45, 7) is 2.54. The molecule has 0 aliphatic heterocycles. The second-order valence-corrected chi connectivity index (χ2v) is 5.37. The highest BCUT2D eigenvalue weighted by atomic mass is 16.3. The summed E-state index contributed by atoms with van der Waals surface area (Å²) in [6, 6.07) is 8.22. The van der Waals surface area contributed by atoms with Crippen molar-refractivity contribution in [2.24, 2.45) is 13.0 Å². The number of benzene rings is 1. The van der Waals surface area contributed by atoms with E-state index in [0.717, 1.165) is 6.42 Å². The molecule has 2 rings (SSSR count). The number of aliphatic hydroxyl groups is 1. The molecule has 0 aliphatic carbocycles. The van der Waals surface area contributed by atoms with Gasteiger partial charge in [-0.25, -0.2) is 0 Å². The summed E-state index contributed by atoms with van der Waals surface area (Å²) in [5, 5.41) is 13.0. The van der Waals surface area contributed by atoms with Gasteiger partial charge < -0.3 is 15.0 Å². The van der Waals surface area contributed by atoms with Crippen LogP contribution in [-0.4, -0.2) is 28.7 Å². The molecule has 1 aromatic heterocycles. The van der Waals surface area contributed by atoms with E-state index in [1.165, 1.54) is 16.5 Å². The van der Waals surface area contributed by atoms with Crippen molar-refractivity contribution >= 4 is 16.8 Å². The van der Waals surface area contributed by atoms with Crippen LogP contribution in [0.15, 0.2) is 30.5 Å². The zero-order valence-corrected chi connectivity index (χ0v) is 12.1. The van der Waals surface area contributed by atoms with Crippen LogP contribution in [0.2, 0.25) is 0 Å². The molecule has 1 heterocycles. The predicted octanol–water partition coefficient (Wildman–Crippen LogP) is 1.86. The van der Waals surface area contributed by atoms with E-state index in [1.54, 1.807) is 0 Å². The Hall–Kier alpha value is -1.81. The van der Waals surface area contributed by atoms with Gasteiger partial charge in [0.1, 0.15) is 0 Å². The van der Waals surface area contributed by atoms with Gasteiger partial charge in [0.05, 0.1) is 0 Å². The number of rotatable bonds is 6. The zero-order chi connectivity index (χ0) is 14.5. The van der Waals surface area contributed by atoms with Crippen molar-refractivity contribution in [1.29, 1.82) is 0 Å². The highest BCUT2D eigenvalue weighted by Crippen LogP contribution is 2.21. The molecule has 2 aromatic rings. The zero-order valence-electron chi connectivity index (χ0n) is 12.1. The van der Waals surface area contributed by atoms with E-state index in [4.69, 9.17) is 5.11 Å². The second-order valence-electron chi connectivity index (χ2n) is 5.37. The van der Waals surface area contributed by atoms with Crippen LogP contribution in [0.25, 0.3) is 10.9 Å². The summed E-state index contributed by atoms with van der Waals surface area (Å²) < 4.78 is 2.09. The highest BCUT2D eigenvalue weighted by molar-refractivity contribution is 5.84. The summed E-state index contributed by atoms with van der Waals surface area (Å²) in [6.07, 6.45) is 3.31. The van der Waals surface area contributed by atoms with Crippen LogP contribution in [-0.2, 0) is 18.3 Å². The van der Waals surface area contributed by atoms with Gasteiger partial charge in [-0.15, -0.1) is 0 Å². The lowest BCUT2D eigenvalue weighted by atomic mass is 10.1. The van der Waals surface area contributed by atoms with Crippen LogP contribution < -0.4 is 5.32 Å². The smallest absolute Gasteiger partial charge is 0.220 e. The number of aryl methyl sites for hydroxylation is 2. The number of amides is 1. The molecule has 4 nitrogen and oxygen atoms in total. The monoisotopic (exact) mass is 274 g/mol. The SMILES string of the molecule is CC(CO)CNC(=O)CCc1cn(C)c2ccccc12. The first-order valence-corrected chi connectivity index (χ1v) is 7.02. The van der Waals surface area contributed by atoms with Crippen molar-refractivity contribution in [2.75, 3.05) is 13.2 Å². The molecule has 2 N–H and O–H groups in total. The Kier molecular flexibility index (Phi) is 4.79. The molecule has 1 aromatic carbocycles. The molecule has 0 radical (unpaired) electrons. The van der Waals surface area contributed by atoms with Crippen LogP contribution in [0.1, 0.15) is 18.9 Å². The number of carbonyl (C=O) groups is 1. The van der Waals surface area contributed by atoms with Crippen LogP contribution in [0.5, 0.6) is 0 Å². The van der Waals surface area contributed by atoms with E-state index in [-0.39, 0.29) is 18.4 Å². The molecule has 0 saturated carbocycles. The maximum Gasteiger partial charge on any atom is 0.220 e. The summed E-state index contributed by atoms with van der Waals surface area (Å²) in [4.78, 5) is 11.8. The largest absolute Gasteiger partial charge is 0.396 e. The van der Waals surface area contributed by atoms with E-state index in [2.05, 4.69) is 28.2 Å². The molecule has 20 heavy (non-hydrogen) atoms. The molecule has 108 valence electrons. The fraction of sp³-hybridized carbons (Fsp3) is 0.438. The Bertz CT molecular complexity index is 589. The third-order valence-electron chi connectivity index (χ3n) is 3.56. The first-order valence-electron chi connectivity index (χ1n) is 7.02. The van der Waals surface area contributed by atoms with Gasteiger partial charge in [0.15, 0.2) is 0 Å². The predicted molar refractivity (Wildman–Crippen MR) is 80.5 cm³/mol. The van der Waals surface area contributed by atoms with E-state index >= 15 is 0 Å². The molecule has 0 fully saturated rings. The van der Waals surface area contributed by atoms with Crippen molar-refractivity contribution in [2.45, 2.75) is 19.8 Å². The topological polar surface area (TPSA) is 54.3 Å². The first-order chi connectivity index (χ1) is 9.61. The van der Waals surface area contributed by atoms with Crippen molar-refractivity contribution in [3.63, 3.8) is 0 Å². The summed E-state index contributed by atoms with van der Waals surface area (Å²) in [5.41, 5.74) is 2.39. The van der Waals surface area contributed by atoms with E-state index in [0.29, 0.717) is 13.0 Å². The standard InChI is InChI=1S/C16H22N2O2/c1-12(11-19)9-17-16(20)8-7-13-10-18(2)15-6-4-3-5-14(13)15/h3-6,10,12,19H,7-9,11H2,1-2H3,(H,17,20). The number of nitrogens with zero attached hydrogens (tertiary/aromatic N) is 1. The van der Waals surface area contributed by atoms with Gasteiger partial charge in [-0.3, -0.25) is 4.79 Å². The Labute approximate surface area is 119 Å². The van der Waals surface area contributed by atoms with E-state index in [1.807, 2.05) is 26.1 Å². The number of nitrogens with one attached hydrogen (secondary N) is 1. The Morgan fingerprint density at radius 2 is 2.15 bits per heavy atom. The van der Waals surface area contributed by atoms with Crippen LogP contribution in [0.4, 0.5) is 0 Å². The average molecular weight is 274 g/mol. The lowest BCUT2D eigenvalue weighted by Gasteiger charge is -2.09. The molecule has 0 aliphatic rings. The van der Waals surface area contributed by atoms with E-state index in [9.17, 15) is 4.79 Å². The van der Waals surface area contributed by atoms with Gasteiger partial charge in [0, 0.05) is 43.7 Å². The molecular formula is C16H22N2O2. The fourth-order valence-corrected chi connectivity index (χ4v) is 2.31. The van der Waals surface area contributed by atoms with Gasteiger partial charge in [0.2, 0.25) is 5.91 Å². The van der Waals surface area contributed by atoms with Crippen LogP contribution in [0.3, 0.4) is 0 Å². The van der Waals surface area contributed by atoms with Gasteiger partial charge >= 0.3 is 0 Å². The summed E-state index contributed by atoms with van der Waals surface area (Å²) >= 11 is 0. The highest BCUT2D eigenvalue weighted by Gasteiger charge is 2.09. The number of aromatic nitrogens is 1. The van der Waals surface area contributed by atoms with E-state index < -0.39 is 0 Å². The van der Waals surface area contributed by atoms with Crippen molar-refractivity contribution in [3.05, 3.63) is 36.0 Å². The number of hydrogen-bond donors (Lipinski definition) is 2. The van der Waals surface area contributed by atoms with Crippen molar-refractivity contribution in [3.8, 4) is 0 Å². The molecule has 1 atom stereocenters. The number of aliphatic hydroxyl groups excluding tert-OH is 1. The molecular weight excluding hydrogens is 252 g/mol. The minimum absolute atomic E-state index is 0.0400. The molecule has 1 amide bonds. The van der Waals surface area contributed by atoms with Gasteiger partial charge in [-0.2, -0.15) is 0 Å². The summed E-state index contributed by atoms with van der Waals surface area (Å²) in [5.74, 6) is 0.148. The lowest BCUT2D eigenvalue weighted by molar-refractivity contribution is -0.121. The second kappa shape index (κ2) is 6.57. The quantitative estimate of drug-likeness (QED) is 0.844. The molecule has 4 heteroatoms. The minimum atomic E-state index is 0.0400. The third-order valence-corrected chi connectivity index (χ3v) is 3.56. The number of para-hydroxylation sites is 1. The molecule has 0 bridgehead atoms. The normalized spacial score (nSPS) is 12.6. The van der Waals surface area contributed by atoms with Gasteiger partial charge in [-0.1, -0.05) is 25.1 Å². The van der Waals surface area contributed by atoms with Gasteiger partial charge in [-0.05, 0) is 24.0 Å². The molecule has 0 saturated heterocycles. The van der Waals surface area contributed by atoms with Crippen LogP contribution >= 0.6 is 0 Å².